The SMILES string of the molecule is CCCCNC(=O)[C@@H](Cc1ccccc1)N(Cc1ccc(Br)cc1)C(=O)CN(c1ccc(I)cc1)S(=O)(=O)c1ccccc1. The minimum atomic E-state index is -4.12. The Morgan fingerprint density at radius 2 is 1.45 bits per heavy atom. The average Bonchev–Trinajstić information content (AvgIpc) is 3.03. The van der Waals surface area contributed by atoms with Crippen molar-refractivity contribution in [3.8, 4) is 0 Å². The van der Waals surface area contributed by atoms with E-state index in [2.05, 4.69) is 43.8 Å². The van der Waals surface area contributed by atoms with E-state index < -0.39 is 28.5 Å². The number of carbonyl (C=O) groups excluding carboxylic acids is 2. The first-order valence-electron chi connectivity index (χ1n) is 14.4. The molecule has 0 radical (unpaired) electrons. The van der Waals surface area contributed by atoms with Crippen LogP contribution in [0.15, 0.2) is 119 Å². The molecule has 2 amide bonds. The van der Waals surface area contributed by atoms with E-state index in [1.54, 1.807) is 42.5 Å². The number of nitrogens with one attached hydrogen (secondary N) is 1. The first kappa shape index (κ1) is 33.7. The molecule has 0 bridgehead atoms. The molecule has 4 aromatic carbocycles. The predicted molar refractivity (Wildman–Crippen MR) is 187 cm³/mol. The van der Waals surface area contributed by atoms with Gasteiger partial charge in [0.2, 0.25) is 11.8 Å². The second-order valence-corrected chi connectivity index (χ2v) is 14.3. The first-order valence-corrected chi connectivity index (χ1v) is 17.7. The molecule has 0 aliphatic rings. The number of benzene rings is 4. The van der Waals surface area contributed by atoms with Crippen molar-refractivity contribution >= 4 is 66.0 Å². The van der Waals surface area contributed by atoms with Crippen LogP contribution in [-0.2, 0) is 32.6 Å². The maximum Gasteiger partial charge on any atom is 0.264 e. The number of amides is 2. The number of rotatable bonds is 14. The van der Waals surface area contributed by atoms with E-state index in [4.69, 9.17) is 0 Å². The molecule has 0 spiro atoms. The van der Waals surface area contributed by atoms with Gasteiger partial charge in [-0.1, -0.05) is 89.9 Å². The molecule has 44 heavy (non-hydrogen) atoms. The molecule has 0 aliphatic heterocycles. The van der Waals surface area contributed by atoms with Crippen molar-refractivity contribution in [2.75, 3.05) is 17.4 Å². The fraction of sp³-hybridized carbons (Fsp3) is 0.235. The Labute approximate surface area is 282 Å². The zero-order valence-electron chi connectivity index (χ0n) is 24.4. The zero-order chi connectivity index (χ0) is 31.5. The summed E-state index contributed by atoms with van der Waals surface area (Å²) >= 11 is 5.61. The standard InChI is InChI=1S/C34H35BrIN3O4S/c1-2-3-22-37-34(41)32(23-26-10-6-4-7-11-26)38(24-27-14-16-28(35)17-15-27)33(40)25-39(30-20-18-29(36)19-21-30)44(42,43)31-12-8-5-9-13-31/h4-21,32H,2-3,22-25H2,1H3,(H,37,41)/t32-/m1/s1. The van der Waals surface area contributed by atoms with Crippen LogP contribution in [0.2, 0.25) is 0 Å². The zero-order valence-corrected chi connectivity index (χ0v) is 29.0. The lowest BCUT2D eigenvalue weighted by molar-refractivity contribution is -0.140. The number of sulfonamides is 1. The van der Waals surface area contributed by atoms with Crippen LogP contribution in [0, 0.1) is 3.57 Å². The summed E-state index contributed by atoms with van der Waals surface area (Å²) in [5, 5.41) is 3.01. The molecule has 0 aromatic heterocycles. The normalized spacial score (nSPS) is 11.9. The number of hydrogen-bond donors (Lipinski definition) is 1. The monoisotopic (exact) mass is 787 g/mol. The molecular formula is C34H35BrIN3O4S. The summed E-state index contributed by atoms with van der Waals surface area (Å²) in [6.45, 7) is 2.17. The highest BCUT2D eigenvalue weighted by Gasteiger charge is 2.34. The largest absolute Gasteiger partial charge is 0.354 e. The summed E-state index contributed by atoms with van der Waals surface area (Å²) in [6, 6.07) is 31.2. The Balaban J connectivity index is 1.77. The summed E-state index contributed by atoms with van der Waals surface area (Å²) < 4.78 is 31.0. The fourth-order valence-corrected chi connectivity index (χ4v) is 6.76. The van der Waals surface area contributed by atoms with Crippen LogP contribution in [0.3, 0.4) is 0 Å². The quantitative estimate of drug-likeness (QED) is 0.113. The Morgan fingerprint density at radius 3 is 2.07 bits per heavy atom. The molecule has 0 aliphatic carbocycles. The summed E-state index contributed by atoms with van der Waals surface area (Å²) in [4.78, 5) is 29.8. The molecule has 230 valence electrons. The van der Waals surface area contributed by atoms with Crippen molar-refractivity contribution in [2.45, 2.75) is 43.7 Å². The Kier molecular flexibility index (Phi) is 12.4. The topological polar surface area (TPSA) is 86.8 Å². The Bertz CT molecular complexity index is 1620. The summed E-state index contributed by atoms with van der Waals surface area (Å²) in [7, 11) is -4.12. The van der Waals surface area contributed by atoms with Gasteiger partial charge in [0.05, 0.1) is 10.6 Å². The van der Waals surface area contributed by atoms with Crippen molar-refractivity contribution in [3.05, 3.63) is 128 Å². The first-order chi connectivity index (χ1) is 21.2. The van der Waals surface area contributed by atoms with E-state index >= 15 is 0 Å². The van der Waals surface area contributed by atoms with Crippen LogP contribution >= 0.6 is 38.5 Å². The number of hydrogen-bond acceptors (Lipinski definition) is 4. The van der Waals surface area contributed by atoms with Crippen LogP contribution < -0.4 is 9.62 Å². The van der Waals surface area contributed by atoms with E-state index in [0.29, 0.717) is 12.2 Å². The third kappa shape index (κ3) is 9.15. The third-order valence-corrected chi connectivity index (χ3v) is 10.1. The molecule has 10 heteroatoms. The van der Waals surface area contributed by atoms with Gasteiger partial charge < -0.3 is 10.2 Å². The Hall–Kier alpha value is -3.22. The van der Waals surface area contributed by atoms with Crippen LogP contribution in [0.4, 0.5) is 5.69 Å². The summed E-state index contributed by atoms with van der Waals surface area (Å²) in [5.74, 6) is -0.767. The van der Waals surface area contributed by atoms with Crippen LogP contribution in [0.5, 0.6) is 0 Å². The smallest absolute Gasteiger partial charge is 0.264 e. The molecule has 4 aromatic rings. The van der Waals surface area contributed by atoms with Gasteiger partial charge in [0.15, 0.2) is 0 Å². The summed E-state index contributed by atoms with van der Waals surface area (Å²) in [6.07, 6.45) is 1.99. The minimum absolute atomic E-state index is 0.0731. The lowest BCUT2D eigenvalue weighted by Crippen LogP contribution is -2.53. The maximum atomic E-state index is 14.4. The van der Waals surface area contributed by atoms with E-state index in [-0.39, 0.29) is 23.8 Å². The van der Waals surface area contributed by atoms with Gasteiger partial charge in [0, 0.05) is 27.6 Å². The maximum absolute atomic E-state index is 14.4. The van der Waals surface area contributed by atoms with Crippen molar-refractivity contribution in [3.63, 3.8) is 0 Å². The Morgan fingerprint density at radius 1 is 0.841 bits per heavy atom. The number of nitrogens with zero attached hydrogens (tertiary/aromatic N) is 2. The predicted octanol–water partition coefficient (Wildman–Crippen LogP) is 6.81. The molecule has 0 saturated heterocycles. The van der Waals surface area contributed by atoms with Crippen molar-refractivity contribution in [1.82, 2.24) is 10.2 Å². The van der Waals surface area contributed by atoms with Gasteiger partial charge in [-0.2, -0.15) is 0 Å². The van der Waals surface area contributed by atoms with Gasteiger partial charge in [0.25, 0.3) is 10.0 Å². The van der Waals surface area contributed by atoms with E-state index in [1.165, 1.54) is 17.0 Å². The lowest BCUT2D eigenvalue weighted by Gasteiger charge is -2.34. The fourth-order valence-electron chi connectivity index (χ4n) is 4.70. The van der Waals surface area contributed by atoms with E-state index in [9.17, 15) is 18.0 Å². The second kappa shape index (κ2) is 16.2. The number of carbonyl (C=O) groups is 2. The van der Waals surface area contributed by atoms with Gasteiger partial charge in [-0.15, -0.1) is 0 Å². The number of anilines is 1. The van der Waals surface area contributed by atoms with Gasteiger partial charge in [-0.3, -0.25) is 13.9 Å². The molecule has 4 rings (SSSR count). The minimum Gasteiger partial charge on any atom is -0.354 e. The highest BCUT2D eigenvalue weighted by atomic mass is 127. The molecule has 1 N–H and O–H groups in total. The lowest BCUT2D eigenvalue weighted by atomic mass is 10.0. The van der Waals surface area contributed by atoms with Gasteiger partial charge in [0.1, 0.15) is 12.6 Å². The molecule has 0 unspecified atom stereocenters. The van der Waals surface area contributed by atoms with E-state index in [0.717, 1.165) is 36.3 Å². The summed E-state index contributed by atoms with van der Waals surface area (Å²) in [5.41, 5.74) is 2.06. The molecule has 0 heterocycles. The van der Waals surface area contributed by atoms with Crippen LogP contribution in [0.25, 0.3) is 0 Å². The van der Waals surface area contributed by atoms with Crippen molar-refractivity contribution in [1.29, 1.82) is 0 Å². The molecule has 0 saturated carbocycles. The molecule has 0 fully saturated rings. The third-order valence-electron chi connectivity index (χ3n) is 7.09. The van der Waals surface area contributed by atoms with Crippen molar-refractivity contribution < 1.29 is 18.0 Å². The highest BCUT2D eigenvalue weighted by Crippen LogP contribution is 2.26. The van der Waals surface area contributed by atoms with Crippen molar-refractivity contribution in [2.24, 2.45) is 0 Å². The average molecular weight is 789 g/mol. The van der Waals surface area contributed by atoms with Gasteiger partial charge in [-0.05, 0) is 88.7 Å². The van der Waals surface area contributed by atoms with Gasteiger partial charge in [-0.25, -0.2) is 8.42 Å². The molecule has 1 atom stereocenters. The number of unbranched alkanes of at least 4 members (excludes halogenated alkanes) is 1. The van der Waals surface area contributed by atoms with Crippen LogP contribution in [-0.4, -0.2) is 44.3 Å². The number of halogens is 2. The van der Waals surface area contributed by atoms with Crippen LogP contribution in [0.1, 0.15) is 30.9 Å². The highest BCUT2D eigenvalue weighted by molar-refractivity contribution is 14.1. The van der Waals surface area contributed by atoms with Gasteiger partial charge >= 0.3 is 0 Å². The molecule has 7 nitrogen and oxygen atoms in total. The van der Waals surface area contributed by atoms with E-state index in [1.807, 2.05) is 61.5 Å². The second-order valence-electron chi connectivity index (χ2n) is 10.3. The molecular weight excluding hydrogens is 753 g/mol.